The fourth-order valence-corrected chi connectivity index (χ4v) is 8.56. The maximum absolute atomic E-state index is 7.10. The van der Waals surface area contributed by atoms with Gasteiger partial charge in [-0.25, -0.2) is 0 Å². The van der Waals surface area contributed by atoms with Crippen LogP contribution in [0.5, 0.6) is 0 Å². The van der Waals surface area contributed by atoms with Crippen molar-refractivity contribution in [2.45, 2.75) is 39.5 Å². The standard InChI is InChI=1S/C46H38BN3O/c1-31-20-24-35(25-21-31)48(36-26-22-32(2)23-27-36)37-28-29-39-42(30-37)49(33-12-5-3-6-13-33)40-17-11-18-41-44(40)47(39)46-45(38-16-9-10-19-43(38)51-46)50(41)34-14-7-4-8-15-34/h3-8,11-15,17-18,20-30H,9-10,16,19H2,1-2H3. The number of fused-ring (bicyclic) bond motifs is 6. The number of hydrogen-bond acceptors (Lipinski definition) is 4. The van der Waals surface area contributed by atoms with E-state index in [2.05, 4.69) is 174 Å². The molecule has 7 aromatic rings. The summed E-state index contributed by atoms with van der Waals surface area (Å²) in [4.78, 5) is 7.33. The molecular formula is C46H38BN3O. The van der Waals surface area contributed by atoms with Crippen molar-refractivity contribution in [2.24, 2.45) is 0 Å². The van der Waals surface area contributed by atoms with Gasteiger partial charge < -0.3 is 19.1 Å². The van der Waals surface area contributed by atoms with Gasteiger partial charge in [0, 0.05) is 57.5 Å². The van der Waals surface area contributed by atoms with E-state index >= 15 is 0 Å². The summed E-state index contributed by atoms with van der Waals surface area (Å²) in [6, 6.07) is 53.3. The molecule has 1 aliphatic carbocycles. The van der Waals surface area contributed by atoms with E-state index in [0.717, 1.165) is 47.0 Å². The summed E-state index contributed by atoms with van der Waals surface area (Å²) < 4.78 is 7.10. The summed E-state index contributed by atoms with van der Waals surface area (Å²) >= 11 is 0. The van der Waals surface area contributed by atoms with Crippen molar-refractivity contribution >= 4 is 74.5 Å². The van der Waals surface area contributed by atoms with Gasteiger partial charge in [-0.15, -0.1) is 0 Å². The van der Waals surface area contributed by atoms with E-state index in [9.17, 15) is 0 Å². The number of hydrogen-bond donors (Lipinski definition) is 0. The molecule has 246 valence electrons. The number of aryl methyl sites for hydroxylation is 3. The highest BCUT2D eigenvalue weighted by atomic mass is 16.3. The third-order valence-corrected chi connectivity index (χ3v) is 10.9. The van der Waals surface area contributed by atoms with Crippen LogP contribution in [-0.4, -0.2) is 6.71 Å². The van der Waals surface area contributed by atoms with Crippen molar-refractivity contribution in [2.75, 3.05) is 14.7 Å². The number of anilines is 9. The summed E-state index contributed by atoms with van der Waals surface area (Å²) in [6.45, 7) is 4.26. The molecule has 6 aromatic carbocycles. The molecule has 5 heteroatoms. The first-order chi connectivity index (χ1) is 25.1. The van der Waals surface area contributed by atoms with Gasteiger partial charge in [0.05, 0.1) is 11.3 Å². The molecule has 1 aromatic heterocycles. The minimum atomic E-state index is -0.0343. The van der Waals surface area contributed by atoms with E-state index in [1.54, 1.807) is 0 Å². The van der Waals surface area contributed by atoms with Crippen LogP contribution in [0.1, 0.15) is 35.3 Å². The molecule has 3 aliphatic rings. The molecule has 10 rings (SSSR count). The topological polar surface area (TPSA) is 22.9 Å². The number of rotatable bonds is 5. The Morgan fingerprint density at radius 2 is 1.12 bits per heavy atom. The summed E-state index contributed by atoms with van der Waals surface area (Å²) in [7, 11) is 0. The van der Waals surface area contributed by atoms with Crippen LogP contribution in [0.2, 0.25) is 0 Å². The number of benzene rings is 6. The zero-order valence-corrected chi connectivity index (χ0v) is 29.0. The zero-order chi connectivity index (χ0) is 34.1. The molecule has 0 amide bonds. The highest BCUT2D eigenvalue weighted by Gasteiger charge is 2.47. The van der Waals surface area contributed by atoms with Crippen LogP contribution in [0.4, 0.5) is 51.2 Å². The highest BCUT2D eigenvalue weighted by Crippen LogP contribution is 2.48. The van der Waals surface area contributed by atoms with Crippen molar-refractivity contribution in [1.29, 1.82) is 0 Å². The fourth-order valence-electron chi connectivity index (χ4n) is 8.56. The molecular weight excluding hydrogens is 621 g/mol. The molecule has 0 radical (unpaired) electrons. The van der Waals surface area contributed by atoms with Gasteiger partial charge in [-0.1, -0.05) is 83.9 Å². The minimum absolute atomic E-state index is 0.0343. The van der Waals surface area contributed by atoms with Gasteiger partial charge >= 0.3 is 0 Å². The van der Waals surface area contributed by atoms with Crippen molar-refractivity contribution in [3.63, 3.8) is 0 Å². The van der Waals surface area contributed by atoms with Gasteiger partial charge in [0.15, 0.2) is 0 Å². The molecule has 0 fully saturated rings. The molecule has 0 saturated carbocycles. The predicted octanol–water partition coefficient (Wildman–Crippen LogP) is 10.3. The second-order valence-corrected chi connectivity index (χ2v) is 14.2. The molecule has 0 unspecified atom stereocenters. The molecule has 0 bridgehead atoms. The first-order valence-electron chi connectivity index (χ1n) is 18.2. The summed E-state index contributed by atoms with van der Waals surface area (Å²) in [5.41, 5.74) is 18.0. The van der Waals surface area contributed by atoms with Crippen LogP contribution in [0.15, 0.2) is 150 Å². The maximum atomic E-state index is 7.10. The summed E-state index contributed by atoms with van der Waals surface area (Å²) in [6.07, 6.45) is 4.39. The van der Waals surface area contributed by atoms with Crippen molar-refractivity contribution in [3.05, 3.63) is 168 Å². The van der Waals surface area contributed by atoms with E-state index in [0.29, 0.717) is 0 Å². The molecule has 0 saturated heterocycles. The van der Waals surface area contributed by atoms with E-state index in [-0.39, 0.29) is 6.71 Å². The van der Waals surface area contributed by atoms with Gasteiger partial charge in [0.2, 0.25) is 0 Å². The predicted molar refractivity (Wildman–Crippen MR) is 214 cm³/mol. The quantitative estimate of drug-likeness (QED) is 0.172. The Bertz CT molecular complexity index is 2360. The highest BCUT2D eigenvalue weighted by molar-refractivity contribution is 6.99. The van der Waals surface area contributed by atoms with E-state index in [1.807, 2.05) is 0 Å². The Kier molecular flexibility index (Phi) is 6.95. The Morgan fingerprint density at radius 1 is 0.549 bits per heavy atom. The molecule has 51 heavy (non-hydrogen) atoms. The monoisotopic (exact) mass is 659 g/mol. The molecule has 0 N–H and O–H groups in total. The number of furan rings is 1. The van der Waals surface area contributed by atoms with E-state index in [1.165, 1.54) is 68.9 Å². The van der Waals surface area contributed by atoms with Gasteiger partial charge in [-0.05, 0) is 117 Å². The van der Waals surface area contributed by atoms with E-state index in [4.69, 9.17) is 4.42 Å². The second kappa shape index (κ2) is 11.8. The Morgan fingerprint density at radius 3 is 1.76 bits per heavy atom. The Hall–Kier alpha value is -5.94. The lowest BCUT2D eigenvalue weighted by molar-refractivity contribution is 0.497. The van der Waals surface area contributed by atoms with Crippen LogP contribution in [0.3, 0.4) is 0 Å². The van der Waals surface area contributed by atoms with Gasteiger partial charge in [0.1, 0.15) is 5.76 Å². The van der Waals surface area contributed by atoms with Gasteiger partial charge in [-0.2, -0.15) is 0 Å². The second-order valence-electron chi connectivity index (χ2n) is 14.2. The summed E-state index contributed by atoms with van der Waals surface area (Å²) in [5, 5.41) is 0. The molecule has 2 aliphatic heterocycles. The largest absolute Gasteiger partial charge is 0.473 e. The SMILES string of the molecule is Cc1ccc(N(c2ccc(C)cc2)c2ccc3c(c2)N(c2ccccc2)c2cccc4c2B3c2oc3c(c2N4c2ccccc2)CCCC3)cc1. The normalized spacial score (nSPS) is 14.0. The first-order valence-corrected chi connectivity index (χ1v) is 18.2. The minimum Gasteiger partial charge on any atom is -0.473 e. The van der Waals surface area contributed by atoms with Crippen molar-refractivity contribution in [3.8, 4) is 0 Å². The van der Waals surface area contributed by atoms with Crippen LogP contribution in [-0.2, 0) is 12.8 Å². The third-order valence-electron chi connectivity index (χ3n) is 10.9. The molecule has 4 nitrogen and oxygen atoms in total. The van der Waals surface area contributed by atoms with Gasteiger partial charge in [-0.3, -0.25) is 0 Å². The fraction of sp³-hybridized carbons (Fsp3) is 0.130. The lowest BCUT2D eigenvalue weighted by atomic mass is 9.35. The molecule has 0 atom stereocenters. The lowest BCUT2D eigenvalue weighted by Crippen LogP contribution is -2.61. The van der Waals surface area contributed by atoms with Crippen LogP contribution < -0.4 is 31.3 Å². The maximum Gasteiger partial charge on any atom is 0.297 e. The average molecular weight is 660 g/mol. The molecule has 3 heterocycles. The van der Waals surface area contributed by atoms with E-state index < -0.39 is 0 Å². The average Bonchev–Trinajstić information content (AvgIpc) is 3.56. The Labute approximate surface area is 300 Å². The van der Waals surface area contributed by atoms with Crippen LogP contribution in [0.25, 0.3) is 0 Å². The molecule has 0 spiro atoms. The Balaban J connectivity index is 1.24. The number of nitrogens with zero attached hydrogens (tertiary/aromatic N) is 3. The van der Waals surface area contributed by atoms with Crippen molar-refractivity contribution < 1.29 is 4.42 Å². The van der Waals surface area contributed by atoms with Gasteiger partial charge in [0.25, 0.3) is 6.71 Å². The third kappa shape index (κ3) is 4.75. The first kappa shape index (κ1) is 29.9. The smallest absolute Gasteiger partial charge is 0.297 e. The number of para-hydroxylation sites is 2. The summed E-state index contributed by atoms with van der Waals surface area (Å²) in [5.74, 6) is 1.16. The lowest BCUT2D eigenvalue weighted by Gasteiger charge is -2.43. The zero-order valence-electron chi connectivity index (χ0n) is 29.0. The van der Waals surface area contributed by atoms with Crippen LogP contribution >= 0.6 is 0 Å². The van der Waals surface area contributed by atoms with Crippen LogP contribution in [0, 0.1) is 13.8 Å². The van der Waals surface area contributed by atoms with Crippen molar-refractivity contribution in [1.82, 2.24) is 0 Å².